The number of anilines is 2. The van der Waals surface area contributed by atoms with E-state index in [0.29, 0.717) is 11.4 Å². The van der Waals surface area contributed by atoms with Gasteiger partial charge < -0.3 is 5.32 Å². The summed E-state index contributed by atoms with van der Waals surface area (Å²) in [6.07, 6.45) is 1.42. The van der Waals surface area contributed by atoms with E-state index >= 15 is 0 Å². The molecule has 3 aromatic rings. The highest BCUT2D eigenvalue weighted by molar-refractivity contribution is 7.92. The predicted molar refractivity (Wildman–Crippen MR) is 109 cm³/mol. The molecule has 3 N–H and O–H groups in total. The Balaban J connectivity index is 1.78. The second-order valence-corrected chi connectivity index (χ2v) is 8.14. The van der Waals surface area contributed by atoms with Gasteiger partial charge in [0.05, 0.1) is 10.6 Å². The van der Waals surface area contributed by atoms with E-state index in [-0.39, 0.29) is 16.3 Å². The zero-order valence-electron chi connectivity index (χ0n) is 16.1. The van der Waals surface area contributed by atoms with Crippen molar-refractivity contribution in [1.29, 1.82) is 5.26 Å². The van der Waals surface area contributed by atoms with Gasteiger partial charge in [0.2, 0.25) is 5.82 Å². The number of benzene rings is 2. The first-order valence-electron chi connectivity index (χ1n) is 8.61. The third-order valence-electron chi connectivity index (χ3n) is 4.17. The number of hydrogen-bond donors (Lipinski definition) is 3. The minimum atomic E-state index is -3.74. The van der Waals surface area contributed by atoms with E-state index in [1.165, 1.54) is 18.3 Å². The van der Waals surface area contributed by atoms with Gasteiger partial charge in [0, 0.05) is 11.9 Å². The van der Waals surface area contributed by atoms with Crippen LogP contribution >= 0.6 is 0 Å². The molecule has 29 heavy (non-hydrogen) atoms. The standard InChI is InChI=1S/C19H19N7O2S/c1-12-8-13(2)18(14(3)9-12)24-29(27,28)17-6-4-16(5-7-17)21-11-15(10-20)19-22-25-26-23-19/h4-9,11,21,24H,1-3H3,(H,22,23,25,26). The summed E-state index contributed by atoms with van der Waals surface area (Å²) < 4.78 is 28.2. The molecule has 0 unspecified atom stereocenters. The van der Waals surface area contributed by atoms with Gasteiger partial charge in [0.25, 0.3) is 10.0 Å². The predicted octanol–water partition coefficient (Wildman–Crippen LogP) is 2.90. The lowest BCUT2D eigenvalue weighted by molar-refractivity contribution is 0.601. The fraction of sp³-hybridized carbons (Fsp3) is 0.158. The molecule has 0 atom stereocenters. The van der Waals surface area contributed by atoms with E-state index < -0.39 is 10.0 Å². The normalized spacial score (nSPS) is 11.7. The first kappa shape index (κ1) is 20.0. The molecule has 0 fully saturated rings. The van der Waals surface area contributed by atoms with Gasteiger partial charge in [0.15, 0.2) is 0 Å². The molecule has 0 spiro atoms. The number of allylic oxidation sites excluding steroid dienone is 1. The van der Waals surface area contributed by atoms with Gasteiger partial charge in [-0.05, 0) is 61.4 Å². The number of H-pyrrole nitrogens is 1. The number of aromatic amines is 1. The van der Waals surface area contributed by atoms with Crippen molar-refractivity contribution in [1.82, 2.24) is 20.6 Å². The lowest BCUT2D eigenvalue weighted by Crippen LogP contribution is -2.14. The molecule has 148 valence electrons. The number of nitrogens with zero attached hydrogens (tertiary/aromatic N) is 4. The first-order chi connectivity index (χ1) is 13.8. The molecule has 0 radical (unpaired) electrons. The summed E-state index contributed by atoms with van der Waals surface area (Å²) in [6.45, 7) is 5.70. The minimum Gasteiger partial charge on any atom is -0.360 e. The average molecular weight is 409 g/mol. The van der Waals surface area contributed by atoms with E-state index in [2.05, 4.69) is 30.7 Å². The highest BCUT2D eigenvalue weighted by Gasteiger charge is 2.17. The zero-order valence-corrected chi connectivity index (χ0v) is 16.9. The van der Waals surface area contributed by atoms with Gasteiger partial charge in [-0.25, -0.2) is 8.42 Å². The van der Waals surface area contributed by atoms with Crippen LogP contribution in [0, 0.1) is 32.1 Å². The summed E-state index contributed by atoms with van der Waals surface area (Å²) in [5, 5.41) is 25.2. The van der Waals surface area contributed by atoms with Crippen LogP contribution in [0.2, 0.25) is 0 Å². The molecule has 1 heterocycles. The van der Waals surface area contributed by atoms with Crippen molar-refractivity contribution >= 4 is 27.0 Å². The highest BCUT2D eigenvalue weighted by atomic mass is 32.2. The molecule has 1 aromatic heterocycles. The van der Waals surface area contributed by atoms with Crippen LogP contribution in [0.5, 0.6) is 0 Å². The third kappa shape index (κ3) is 4.59. The Morgan fingerprint density at radius 3 is 2.34 bits per heavy atom. The smallest absolute Gasteiger partial charge is 0.261 e. The monoisotopic (exact) mass is 409 g/mol. The van der Waals surface area contributed by atoms with Gasteiger partial charge in [-0.1, -0.05) is 17.7 Å². The van der Waals surface area contributed by atoms with Crippen molar-refractivity contribution in [2.75, 3.05) is 10.0 Å². The summed E-state index contributed by atoms with van der Waals surface area (Å²) in [5.41, 5.74) is 4.16. The summed E-state index contributed by atoms with van der Waals surface area (Å²) in [7, 11) is -3.74. The van der Waals surface area contributed by atoms with Gasteiger partial charge in [-0.2, -0.15) is 10.5 Å². The molecule has 0 amide bonds. The Bertz CT molecular complexity index is 1170. The summed E-state index contributed by atoms with van der Waals surface area (Å²) in [5.74, 6) is 0.159. The van der Waals surface area contributed by atoms with Crippen LogP contribution in [0.15, 0.2) is 47.5 Å². The van der Waals surface area contributed by atoms with E-state index in [1.54, 1.807) is 12.1 Å². The van der Waals surface area contributed by atoms with Gasteiger partial charge in [-0.15, -0.1) is 10.2 Å². The Labute approximate surface area is 168 Å². The van der Waals surface area contributed by atoms with E-state index in [1.807, 2.05) is 39.0 Å². The molecule has 9 nitrogen and oxygen atoms in total. The Hall–Kier alpha value is -3.71. The van der Waals surface area contributed by atoms with Crippen molar-refractivity contribution in [3.63, 3.8) is 0 Å². The lowest BCUT2D eigenvalue weighted by atomic mass is 10.1. The number of hydrogen-bond acceptors (Lipinski definition) is 7. The molecule has 10 heteroatoms. The third-order valence-corrected chi connectivity index (χ3v) is 5.53. The minimum absolute atomic E-state index is 0.130. The Morgan fingerprint density at radius 1 is 1.14 bits per heavy atom. The van der Waals surface area contributed by atoms with E-state index in [4.69, 9.17) is 5.26 Å². The fourth-order valence-corrected chi connectivity index (χ4v) is 4.05. The molecule has 3 rings (SSSR count). The van der Waals surface area contributed by atoms with Crippen molar-refractivity contribution in [2.45, 2.75) is 25.7 Å². The second kappa shape index (κ2) is 8.12. The van der Waals surface area contributed by atoms with E-state index in [9.17, 15) is 8.42 Å². The molecule has 2 aromatic carbocycles. The summed E-state index contributed by atoms with van der Waals surface area (Å²) in [6, 6.07) is 12.0. The van der Waals surface area contributed by atoms with Crippen LogP contribution in [0.25, 0.3) is 5.57 Å². The van der Waals surface area contributed by atoms with Gasteiger partial charge in [0.1, 0.15) is 11.6 Å². The molecule has 0 aliphatic heterocycles. The van der Waals surface area contributed by atoms with E-state index in [0.717, 1.165) is 16.7 Å². The quantitative estimate of drug-likeness (QED) is 0.532. The molecule has 0 aliphatic carbocycles. The first-order valence-corrected chi connectivity index (χ1v) is 10.1. The van der Waals surface area contributed by atoms with Crippen molar-refractivity contribution in [2.24, 2.45) is 0 Å². The highest BCUT2D eigenvalue weighted by Crippen LogP contribution is 2.25. The topological polar surface area (TPSA) is 136 Å². The maximum atomic E-state index is 12.8. The Kier molecular flexibility index (Phi) is 5.61. The maximum Gasteiger partial charge on any atom is 0.261 e. The molecule has 0 bridgehead atoms. The van der Waals surface area contributed by atoms with Crippen LogP contribution < -0.4 is 10.0 Å². The number of aryl methyl sites for hydroxylation is 3. The average Bonchev–Trinajstić information content (AvgIpc) is 3.20. The van der Waals surface area contributed by atoms with Crippen molar-refractivity contribution < 1.29 is 8.42 Å². The van der Waals surface area contributed by atoms with Crippen LogP contribution in [0.3, 0.4) is 0 Å². The van der Waals surface area contributed by atoms with Crippen molar-refractivity contribution in [3.05, 3.63) is 65.1 Å². The summed E-state index contributed by atoms with van der Waals surface area (Å²) in [4.78, 5) is 0.130. The fourth-order valence-electron chi connectivity index (χ4n) is 2.84. The van der Waals surface area contributed by atoms with Crippen LogP contribution in [0.4, 0.5) is 11.4 Å². The maximum absolute atomic E-state index is 12.8. The molecule has 0 saturated heterocycles. The number of aromatic nitrogens is 4. The summed E-state index contributed by atoms with van der Waals surface area (Å²) >= 11 is 0. The van der Waals surface area contributed by atoms with Crippen LogP contribution in [0.1, 0.15) is 22.5 Å². The number of nitrogens with one attached hydrogen (secondary N) is 3. The van der Waals surface area contributed by atoms with Crippen LogP contribution in [-0.4, -0.2) is 29.0 Å². The number of tetrazole rings is 1. The van der Waals surface area contributed by atoms with Gasteiger partial charge >= 0.3 is 0 Å². The Morgan fingerprint density at radius 2 is 1.79 bits per heavy atom. The van der Waals surface area contributed by atoms with Crippen molar-refractivity contribution in [3.8, 4) is 6.07 Å². The number of rotatable bonds is 6. The molecular weight excluding hydrogens is 390 g/mol. The zero-order chi connectivity index (χ0) is 21.0. The molecule has 0 aliphatic rings. The largest absolute Gasteiger partial charge is 0.360 e. The second-order valence-electron chi connectivity index (χ2n) is 6.45. The lowest BCUT2D eigenvalue weighted by Gasteiger charge is -2.14. The SMILES string of the molecule is Cc1cc(C)c(NS(=O)(=O)c2ccc(NC=C(C#N)c3nn[nH]n3)cc2)c(C)c1. The number of nitriles is 1. The molecule has 0 saturated carbocycles. The number of sulfonamides is 1. The van der Waals surface area contributed by atoms with Gasteiger partial charge in [-0.3, -0.25) is 4.72 Å². The molecular formula is C19H19N7O2S. The van der Waals surface area contributed by atoms with Crippen LogP contribution in [-0.2, 0) is 10.0 Å².